The Balaban J connectivity index is 3.01. The van der Waals surface area contributed by atoms with Gasteiger partial charge in [0.05, 0.1) is 6.04 Å². The summed E-state index contributed by atoms with van der Waals surface area (Å²) in [5.41, 5.74) is 0. The van der Waals surface area contributed by atoms with Gasteiger partial charge in [-0.3, -0.25) is 0 Å². The zero-order valence-corrected chi connectivity index (χ0v) is 9.20. The van der Waals surface area contributed by atoms with Gasteiger partial charge in [-0.05, 0) is 35.8 Å². The summed E-state index contributed by atoms with van der Waals surface area (Å²) in [4.78, 5) is 15.9. The maximum absolute atomic E-state index is 10.0. The Morgan fingerprint density at radius 1 is 1.75 bits per heavy atom. The van der Waals surface area contributed by atoms with Crippen LogP contribution in [0, 0.1) is 6.92 Å². The number of aliphatic imine (C=N–C) groups is 1. The summed E-state index contributed by atoms with van der Waals surface area (Å²) in [6.07, 6.45) is 1.56. The van der Waals surface area contributed by atoms with Crippen LogP contribution in [0.5, 0.6) is 0 Å². The van der Waals surface area contributed by atoms with Crippen molar-refractivity contribution in [1.29, 1.82) is 0 Å². The summed E-state index contributed by atoms with van der Waals surface area (Å²) in [5.74, 6) is 0. The molecule has 0 fully saturated rings. The topological polar surface area (TPSA) is 29.4 Å². The van der Waals surface area contributed by atoms with E-state index in [0.717, 1.165) is 9.35 Å². The van der Waals surface area contributed by atoms with Crippen molar-refractivity contribution in [3.63, 3.8) is 0 Å². The van der Waals surface area contributed by atoms with Crippen LogP contribution in [0.2, 0.25) is 0 Å². The Morgan fingerprint density at radius 3 is 2.83 bits per heavy atom. The summed E-state index contributed by atoms with van der Waals surface area (Å²) in [7, 11) is 0. The average molecular weight is 246 g/mol. The summed E-state index contributed by atoms with van der Waals surface area (Å²) in [5, 5.41) is 0. The lowest BCUT2D eigenvalue weighted by Gasteiger charge is -1.99. The van der Waals surface area contributed by atoms with Crippen LogP contribution in [-0.4, -0.2) is 6.08 Å². The molecule has 0 N–H and O–H groups in total. The molecule has 64 valence electrons. The maximum atomic E-state index is 10.0. The highest BCUT2D eigenvalue weighted by atomic mass is 79.9. The van der Waals surface area contributed by atoms with E-state index in [9.17, 15) is 4.79 Å². The van der Waals surface area contributed by atoms with Crippen LogP contribution in [0.3, 0.4) is 0 Å². The van der Waals surface area contributed by atoms with Gasteiger partial charge in [0, 0.05) is 14.2 Å². The molecular formula is C8H8BrNOS. The van der Waals surface area contributed by atoms with Crippen molar-refractivity contribution in [2.24, 2.45) is 4.99 Å². The van der Waals surface area contributed by atoms with E-state index in [1.165, 1.54) is 4.88 Å². The van der Waals surface area contributed by atoms with Gasteiger partial charge in [0.2, 0.25) is 6.08 Å². The molecule has 0 aliphatic rings. The highest BCUT2D eigenvalue weighted by Crippen LogP contribution is 2.33. The second kappa shape index (κ2) is 3.99. The first kappa shape index (κ1) is 9.65. The van der Waals surface area contributed by atoms with Gasteiger partial charge in [0.1, 0.15) is 0 Å². The number of carbonyl (C=O) groups excluding carboxylic acids is 1. The number of halogens is 1. The maximum Gasteiger partial charge on any atom is 0.235 e. The Hall–Kier alpha value is -0.440. The highest BCUT2D eigenvalue weighted by molar-refractivity contribution is 9.10. The number of thiophene rings is 1. The van der Waals surface area contributed by atoms with Gasteiger partial charge in [-0.15, -0.1) is 11.3 Å². The normalized spacial score (nSPS) is 12.2. The largest absolute Gasteiger partial charge is 0.235 e. The van der Waals surface area contributed by atoms with Gasteiger partial charge in [-0.1, -0.05) is 0 Å². The molecule has 1 unspecified atom stereocenters. The Bertz CT molecular complexity index is 328. The van der Waals surface area contributed by atoms with Crippen LogP contribution < -0.4 is 0 Å². The van der Waals surface area contributed by atoms with Crippen molar-refractivity contribution in [3.05, 3.63) is 20.3 Å². The van der Waals surface area contributed by atoms with E-state index in [2.05, 4.69) is 20.9 Å². The lowest BCUT2D eigenvalue weighted by Crippen LogP contribution is -1.84. The molecule has 0 aromatic carbocycles. The monoisotopic (exact) mass is 245 g/mol. The first-order chi connectivity index (χ1) is 5.65. The third-order valence-electron chi connectivity index (χ3n) is 1.46. The lowest BCUT2D eigenvalue weighted by molar-refractivity contribution is 0.560. The molecule has 1 rings (SSSR count). The summed E-state index contributed by atoms with van der Waals surface area (Å²) in [6.45, 7) is 3.90. The smallest absolute Gasteiger partial charge is 0.211 e. The third-order valence-corrected chi connectivity index (χ3v) is 3.60. The molecule has 2 nitrogen and oxygen atoms in total. The molecule has 0 radical (unpaired) electrons. The summed E-state index contributed by atoms with van der Waals surface area (Å²) >= 11 is 5.05. The predicted molar refractivity (Wildman–Crippen MR) is 53.3 cm³/mol. The molecule has 12 heavy (non-hydrogen) atoms. The molecule has 1 atom stereocenters. The van der Waals surface area contributed by atoms with Crippen LogP contribution in [-0.2, 0) is 4.79 Å². The summed E-state index contributed by atoms with van der Waals surface area (Å²) in [6, 6.07) is 1.94. The first-order valence-corrected chi connectivity index (χ1v) is 5.09. The molecule has 4 heteroatoms. The van der Waals surface area contributed by atoms with E-state index < -0.39 is 0 Å². The molecule has 1 heterocycles. The van der Waals surface area contributed by atoms with Crippen LogP contribution >= 0.6 is 27.3 Å². The minimum Gasteiger partial charge on any atom is -0.211 e. The average Bonchev–Trinajstić information content (AvgIpc) is 2.30. The van der Waals surface area contributed by atoms with Gasteiger partial charge in [-0.2, -0.15) is 4.99 Å². The fraction of sp³-hybridized carbons (Fsp3) is 0.375. The molecule has 0 saturated carbocycles. The standard InChI is InChI=1S/C8H8BrNOS/c1-5-3-7(9)8(12-5)6(2)10-4-11/h3,6H,1-2H3. The number of hydrogen-bond donors (Lipinski definition) is 0. The zero-order valence-electron chi connectivity index (χ0n) is 6.80. The quantitative estimate of drug-likeness (QED) is 0.582. The molecule has 0 spiro atoms. The highest BCUT2D eigenvalue weighted by Gasteiger charge is 2.10. The van der Waals surface area contributed by atoms with Gasteiger partial charge < -0.3 is 0 Å². The van der Waals surface area contributed by atoms with Crippen LogP contribution in [0.1, 0.15) is 22.7 Å². The molecule has 1 aromatic rings. The van der Waals surface area contributed by atoms with Crippen molar-refractivity contribution in [3.8, 4) is 0 Å². The molecule has 0 saturated heterocycles. The number of rotatable bonds is 2. The third kappa shape index (κ3) is 2.03. The molecule has 1 aromatic heterocycles. The fourth-order valence-corrected chi connectivity index (χ4v) is 2.90. The zero-order chi connectivity index (χ0) is 9.14. The number of hydrogen-bond acceptors (Lipinski definition) is 3. The number of isocyanates is 1. The fourth-order valence-electron chi connectivity index (χ4n) is 0.924. The second-order valence-corrected chi connectivity index (χ2v) is 4.61. The van der Waals surface area contributed by atoms with Crippen molar-refractivity contribution in [1.82, 2.24) is 0 Å². The Labute approximate surface area is 83.5 Å². The van der Waals surface area contributed by atoms with Gasteiger partial charge in [0.15, 0.2) is 0 Å². The lowest BCUT2D eigenvalue weighted by atomic mass is 10.3. The van der Waals surface area contributed by atoms with Crippen LogP contribution in [0.15, 0.2) is 15.5 Å². The van der Waals surface area contributed by atoms with Crippen molar-refractivity contribution in [2.75, 3.05) is 0 Å². The van der Waals surface area contributed by atoms with E-state index in [1.54, 1.807) is 17.4 Å². The second-order valence-electron chi connectivity index (χ2n) is 2.47. The van der Waals surface area contributed by atoms with E-state index in [-0.39, 0.29) is 6.04 Å². The van der Waals surface area contributed by atoms with Crippen molar-refractivity contribution in [2.45, 2.75) is 19.9 Å². The Kier molecular flexibility index (Phi) is 3.20. The number of aryl methyl sites for hydroxylation is 1. The van der Waals surface area contributed by atoms with Gasteiger partial charge in [0.25, 0.3) is 0 Å². The van der Waals surface area contributed by atoms with E-state index in [0.29, 0.717) is 0 Å². The minimum absolute atomic E-state index is 0.0874. The minimum atomic E-state index is -0.0874. The van der Waals surface area contributed by atoms with Crippen LogP contribution in [0.25, 0.3) is 0 Å². The molecular weight excluding hydrogens is 238 g/mol. The van der Waals surface area contributed by atoms with Crippen LogP contribution in [0.4, 0.5) is 0 Å². The first-order valence-electron chi connectivity index (χ1n) is 3.48. The molecule has 0 bridgehead atoms. The van der Waals surface area contributed by atoms with Crippen molar-refractivity contribution < 1.29 is 4.79 Å². The van der Waals surface area contributed by atoms with E-state index in [1.807, 2.05) is 19.9 Å². The molecule has 0 amide bonds. The predicted octanol–water partition coefficient (Wildman–Crippen LogP) is 3.22. The van der Waals surface area contributed by atoms with Gasteiger partial charge in [-0.25, -0.2) is 4.79 Å². The summed E-state index contributed by atoms with van der Waals surface area (Å²) < 4.78 is 1.02. The number of nitrogens with zero attached hydrogens (tertiary/aromatic N) is 1. The van der Waals surface area contributed by atoms with Crippen molar-refractivity contribution >= 4 is 33.3 Å². The molecule has 0 aliphatic carbocycles. The van der Waals surface area contributed by atoms with E-state index in [4.69, 9.17) is 0 Å². The van der Waals surface area contributed by atoms with E-state index >= 15 is 0 Å². The SMILES string of the molecule is Cc1cc(Br)c(C(C)N=C=O)s1. The molecule has 0 aliphatic heterocycles. The van der Waals surface area contributed by atoms with Gasteiger partial charge >= 0.3 is 0 Å². The Morgan fingerprint density at radius 2 is 2.42 bits per heavy atom.